The zero-order chi connectivity index (χ0) is 13.4. The maximum atomic E-state index is 6.25. The molecule has 19 heavy (non-hydrogen) atoms. The minimum absolute atomic E-state index is 0.278. The van der Waals surface area contributed by atoms with Gasteiger partial charge in [0, 0.05) is 17.3 Å². The highest BCUT2D eigenvalue weighted by molar-refractivity contribution is 5.81. The average Bonchev–Trinajstić information content (AvgIpc) is 2.84. The summed E-state index contributed by atoms with van der Waals surface area (Å²) in [5.74, 6) is 0.773. The largest absolute Gasteiger partial charge is 0.459 e. The third-order valence-electron chi connectivity index (χ3n) is 3.36. The molecular weight excluding hydrogens is 236 g/mol. The van der Waals surface area contributed by atoms with Gasteiger partial charge in [-0.15, -0.1) is 0 Å². The summed E-state index contributed by atoms with van der Waals surface area (Å²) < 4.78 is 5.89. The molecule has 0 saturated carbocycles. The van der Waals surface area contributed by atoms with Gasteiger partial charge in [0.05, 0.1) is 6.04 Å². The van der Waals surface area contributed by atoms with E-state index in [2.05, 4.69) is 4.98 Å². The summed E-state index contributed by atoms with van der Waals surface area (Å²) in [4.78, 5) is 4.28. The first-order chi connectivity index (χ1) is 9.15. The van der Waals surface area contributed by atoms with Crippen molar-refractivity contribution in [1.29, 1.82) is 0 Å². The number of pyridine rings is 1. The van der Waals surface area contributed by atoms with Crippen LogP contribution in [0.5, 0.6) is 0 Å². The number of benzene rings is 1. The van der Waals surface area contributed by atoms with E-state index < -0.39 is 0 Å². The molecule has 3 aromatic rings. The normalized spacial score (nSPS) is 12.8. The van der Waals surface area contributed by atoms with E-state index in [0.717, 1.165) is 33.6 Å². The summed E-state index contributed by atoms with van der Waals surface area (Å²) in [5.41, 5.74) is 10.2. The number of fused-ring (bicyclic) bond motifs is 1. The molecule has 3 rings (SSSR count). The van der Waals surface area contributed by atoms with Crippen LogP contribution in [-0.2, 0) is 0 Å². The van der Waals surface area contributed by atoms with E-state index in [-0.39, 0.29) is 6.04 Å². The van der Waals surface area contributed by atoms with Crippen molar-refractivity contribution < 1.29 is 4.42 Å². The van der Waals surface area contributed by atoms with E-state index in [9.17, 15) is 0 Å². The van der Waals surface area contributed by atoms with Gasteiger partial charge in [0.2, 0.25) is 0 Å². The lowest BCUT2D eigenvalue weighted by Crippen LogP contribution is -2.11. The van der Waals surface area contributed by atoms with Gasteiger partial charge in [-0.25, -0.2) is 0 Å². The average molecular weight is 252 g/mol. The monoisotopic (exact) mass is 252 g/mol. The Morgan fingerprint density at radius 3 is 2.68 bits per heavy atom. The van der Waals surface area contributed by atoms with Crippen LogP contribution in [0.15, 0.2) is 47.0 Å². The van der Waals surface area contributed by atoms with Crippen molar-refractivity contribution in [3.8, 4) is 0 Å². The van der Waals surface area contributed by atoms with Crippen molar-refractivity contribution >= 4 is 11.0 Å². The van der Waals surface area contributed by atoms with E-state index in [0.29, 0.717) is 0 Å². The Kier molecular flexibility index (Phi) is 2.84. The van der Waals surface area contributed by atoms with Crippen molar-refractivity contribution in [3.05, 3.63) is 65.2 Å². The number of hydrogen-bond acceptors (Lipinski definition) is 3. The SMILES string of the molecule is Cc1ccc(C(N)c2cc3cccc(C)c3o2)cn1. The maximum absolute atomic E-state index is 6.25. The zero-order valence-electron chi connectivity index (χ0n) is 11.1. The predicted molar refractivity (Wildman–Crippen MR) is 76.0 cm³/mol. The van der Waals surface area contributed by atoms with Crippen molar-refractivity contribution in [2.24, 2.45) is 5.73 Å². The van der Waals surface area contributed by atoms with Crippen LogP contribution >= 0.6 is 0 Å². The second-order valence-corrected chi connectivity index (χ2v) is 4.85. The number of nitrogens with zero attached hydrogens (tertiary/aromatic N) is 1. The summed E-state index contributed by atoms with van der Waals surface area (Å²) in [7, 11) is 0. The lowest BCUT2D eigenvalue weighted by atomic mass is 10.1. The number of furan rings is 1. The topological polar surface area (TPSA) is 52.0 Å². The van der Waals surface area contributed by atoms with Gasteiger partial charge < -0.3 is 10.2 Å². The number of para-hydroxylation sites is 1. The second-order valence-electron chi connectivity index (χ2n) is 4.85. The number of aromatic nitrogens is 1. The van der Waals surface area contributed by atoms with E-state index in [1.165, 1.54) is 0 Å². The fourth-order valence-corrected chi connectivity index (χ4v) is 2.21. The minimum Gasteiger partial charge on any atom is -0.459 e. The number of nitrogens with two attached hydrogens (primary N) is 1. The van der Waals surface area contributed by atoms with Gasteiger partial charge in [0.1, 0.15) is 11.3 Å². The van der Waals surface area contributed by atoms with E-state index in [1.54, 1.807) is 6.20 Å². The first kappa shape index (κ1) is 11.9. The van der Waals surface area contributed by atoms with Crippen LogP contribution in [0.1, 0.15) is 28.6 Å². The molecule has 3 heteroatoms. The van der Waals surface area contributed by atoms with Gasteiger partial charge in [-0.05, 0) is 37.1 Å². The number of rotatable bonds is 2. The molecule has 0 fully saturated rings. The first-order valence-electron chi connectivity index (χ1n) is 6.32. The lowest BCUT2D eigenvalue weighted by Gasteiger charge is -2.08. The van der Waals surface area contributed by atoms with Crippen molar-refractivity contribution in [2.75, 3.05) is 0 Å². The van der Waals surface area contributed by atoms with Crippen LogP contribution in [0.2, 0.25) is 0 Å². The summed E-state index contributed by atoms with van der Waals surface area (Å²) in [6, 6.07) is 11.8. The van der Waals surface area contributed by atoms with E-state index in [4.69, 9.17) is 10.2 Å². The van der Waals surface area contributed by atoms with Crippen LogP contribution in [0.4, 0.5) is 0 Å². The molecule has 0 saturated heterocycles. The van der Waals surface area contributed by atoms with Crippen LogP contribution < -0.4 is 5.73 Å². The van der Waals surface area contributed by atoms with Gasteiger partial charge in [-0.3, -0.25) is 4.98 Å². The molecule has 1 atom stereocenters. The van der Waals surface area contributed by atoms with Crippen molar-refractivity contribution in [1.82, 2.24) is 4.98 Å². The summed E-state index contributed by atoms with van der Waals surface area (Å²) in [6.07, 6.45) is 1.81. The Bertz CT molecular complexity index is 713. The molecule has 0 spiro atoms. The Morgan fingerprint density at radius 2 is 2.00 bits per heavy atom. The Balaban J connectivity index is 2.04. The van der Waals surface area contributed by atoms with E-state index >= 15 is 0 Å². The highest BCUT2D eigenvalue weighted by Crippen LogP contribution is 2.28. The molecule has 0 bridgehead atoms. The predicted octanol–water partition coefficient (Wildman–Crippen LogP) is 3.49. The molecule has 0 radical (unpaired) electrons. The molecule has 2 aromatic heterocycles. The molecule has 2 heterocycles. The number of hydrogen-bond donors (Lipinski definition) is 1. The first-order valence-corrected chi connectivity index (χ1v) is 6.32. The molecule has 2 N–H and O–H groups in total. The molecular formula is C16H16N2O. The summed E-state index contributed by atoms with van der Waals surface area (Å²) >= 11 is 0. The van der Waals surface area contributed by atoms with Gasteiger partial charge in [-0.2, -0.15) is 0 Å². The van der Waals surface area contributed by atoms with Gasteiger partial charge in [0.15, 0.2) is 0 Å². The minimum atomic E-state index is -0.278. The molecule has 0 aliphatic rings. The highest BCUT2D eigenvalue weighted by Gasteiger charge is 2.15. The van der Waals surface area contributed by atoms with Crippen LogP contribution in [0.25, 0.3) is 11.0 Å². The second kappa shape index (κ2) is 4.52. The highest BCUT2D eigenvalue weighted by atomic mass is 16.3. The fraction of sp³-hybridized carbons (Fsp3) is 0.188. The van der Waals surface area contributed by atoms with Crippen LogP contribution in [0, 0.1) is 13.8 Å². The van der Waals surface area contributed by atoms with Crippen LogP contribution in [0.3, 0.4) is 0 Å². The molecule has 0 aliphatic heterocycles. The quantitative estimate of drug-likeness (QED) is 0.759. The fourth-order valence-electron chi connectivity index (χ4n) is 2.21. The molecule has 0 aliphatic carbocycles. The molecule has 3 nitrogen and oxygen atoms in total. The third kappa shape index (κ3) is 2.13. The number of aryl methyl sites for hydroxylation is 2. The third-order valence-corrected chi connectivity index (χ3v) is 3.36. The zero-order valence-corrected chi connectivity index (χ0v) is 11.1. The van der Waals surface area contributed by atoms with Crippen LogP contribution in [-0.4, -0.2) is 4.98 Å². The Hall–Kier alpha value is -2.13. The molecule has 1 unspecified atom stereocenters. The van der Waals surface area contributed by atoms with Crippen molar-refractivity contribution in [2.45, 2.75) is 19.9 Å². The summed E-state index contributed by atoms with van der Waals surface area (Å²) in [6.45, 7) is 3.99. The Labute approximate surface area is 112 Å². The maximum Gasteiger partial charge on any atom is 0.137 e. The van der Waals surface area contributed by atoms with Crippen molar-refractivity contribution in [3.63, 3.8) is 0 Å². The standard InChI is InChI=1S/C16H16N2O/c1-10-4-3-5-12-8-14(19-16(10)12)15(17)13-7-6-11(2)18-9-13/h3-9,15H,17H2,1-2H3. The van der Waals surface area contributed by atoms with Gasteiger partial charge >= 0.3 is 0 Å². The van der Waals surface area contributed by atoms with Gasteiger partial charge in [-0.1, -0.05) is 24.3 Å². The smallest absolute Gasteiger partial charge is 0.137 e. The molecule has 96 valence electrons. The Morgan fingerprint density at radius 1 is 1.16 bits per heavy atom. The summed E-state index contributed by atoms with van der Waals surface area (Å²) in [5, 5.41) is 1.09. The van der Waals surface area contributed by atoms with E-state index in [1.807, 2.05) is 50.2 Å². The molecule has 1 aromatic carbocycles. The lowest BCUT2D eigenvalue weighted by molar-refractivity contribution is 0.523. The van der Waals surface area contributed by atoms with Gasteiger partial charge in [0.25, 0.3) is 0 Å². The molecule has 0 amide bonds.